The van der Waals surface area contributed by atoms with Crippen molar-refractivity contribution >= 4 is 21.6 Å². The van der Waals surface area contributed by atoms with Gasteiger partial charge in [-0.1, -0.05) is 18.2 Å². The van der Waals surface area contributed by atoms with Crippen LogP contribution in [0.3, 0.4) is 0 Å². The Hall–Kier alpha value is -2.29. The van der Waals surface area contributed by atoms with E-state index in [1.54, 1.807) is 11.9 Å². The fourth-order valence-corrected chi connectivity index (χ4v) is 4.40. The largest absolute Gasteiger partial charge is 0.314 e. The van der Waals surface area contributed by atoms with Gasteiger partial charge < -0.3 is 4.90 Å². The first-order chi connectivity index (χ1) is 12.9. The van der Waals surface area contributed by atoms with Crippen LogP contribution < -0.4 is 4.90 Å². The first kappa shape index (κ1) is 19.5. The Bertz CT molecular complexity index is 880. The Morgan fingerprint density at radius 2 is 1.59 bits per heavy atom. The second-order valence-electron chi connectivity index (χ2n) is 6.42. The van der Waals surface area contributed by atoms with Gasteiger partial charge in [0.2, 0.25) is 15.9 Å². The van der Waals surface area contributed by atoms with Crippen LogP contribution in [0.1, 0.15) is 0 Å². The average molecular weight is 391 g/mol. The molecule has 1 amide bonds. The minimum absolute atomic E-state index is 0.0453. The van der Waals surface area contributed by atoms with Gasteiger partial charge in [-0.25, -0.2) is 12.8 Å². The van der Waals surface area contributed by atoms with Crippen LogP contribution in [0.15, 0.2) is 59.5 Å². The monoisotopic (exact) mass is 391 g/mol. The Kier molecular flexibility index (Phi) is 5.88. The number of piperazine rings is 1. The molecule has 0 spiro atoms. The van der Waals surface area contributed by atoms with Crippen molar-refractivity contribution in [2.24, 2.45) is 0 Å². The highest BCUT2D eigenvalue weighted by Crippen LogP contribution is 2.18. The van der Waals surface area contributed by atoms with Crippen LogP contribution >= 0.6 is 0 Å². The van der Waals surface area contributed by atoms with Crippen LogP contribution in [0.5, 0.6) is 0 Å². The number of halogens is 1. The molecule has 0 saturated carbocycles. The predicted molar refractivity (Wildman–Crippen MR) is 101 cm³/mol. The van der Waals surface area contributed by atoms with E-state index < -0.39 is 15.8 Å². The van der Waals surface area contributed by atoms with Crippen LogP contribution in [0.4, 0.5) is 10.1 Å². The maximum atomic E-state index is 13.0. The Morgan fingerprint density at radius 1 is 1.00 bits per heavy atom. The summed E-state index contributed by atoms with van der Waals surface area (Å²) in [5.74, 6) is -0.518. The van der Waals surface area contributed by atoms with Gasteiger partial charge in [-0.3, -0.25) is 9.69 Å². The molecule has 0 N–H and O–H groups in total. The Balaban J connectivity index is 1.57. The summed E-state index contributed by atoms with van der Waals surface area (Å²) < 4.78 is 39.7. The van der Waals surface area contributed by atoms with Crippen molar-refractivity contribution in [1.82, 2.24) is 9.21 Å². The van der Waals surface area contributed by atoms with Gasteiger partial charge in [0, 0.05) is 38.9 Å². The number of sulfonamides is 1. The second kappa shape index (κ2) is 8.16. The summed E-state index contributed by atoms with van der Waals surface area (Å²) in [4.78, 5) is 16.1. The lowest BCUT2D eigenvalue weighted by atomic mass is 10.3. The molecule has 2 aromatic rings. The highest BCUT2D eigenvalue weighted by atomic mass is 32.2. The molecule has 0 aromatic heterocycles. The number of para-hydroxylation sites is 1. The number of nitrogens with zero attached hydrogens (tertiary/aromatic N) is 3. The molecule has 144 valence electrons. The van der Waals surface area contributed by atoms with Gasteiger partial charge in [-0.15, -0.1) is 0 Å². The van der Waals surface area contributed by atoms with Gasteiger partial charge in [0.15, 0.2) is 0 Å². The normalized spacial score (nSPS) is 16.2. The summed E-state index contributed by atoms with van der Waals surface area (Å²) >= 11 is 0. The highest BCUT2D eigenvalue weighted by molar-refractivity contribution is 7.89. The van der Waals surface area contributed by atoms with Crippen molar-refractivity contribution in [1.29, 1.82) is 0 Å². The second-order valence-corrected chi connectivity index (χ2v) is 8.36. The minimum atomic E-state index is -3.65. The SMILES string of the molecule is CN(C(=O)CN1CCN(S(=O)(=O)c2ccc(F)cc2)CC1)c1ccccc1. The van der Waals surface area contributed by atoms with Gasteiger partial charge >= 0.3 is 0 Å². The molecule has 1 saturated heterocycles. The lowest BCUT2D eigenvalue weighted by Gasteiger charge is -2.34. The first-order valence-corrected chi connectivity index (χ1v) is 10.1. The quantitative estimate of drug-likeness (QED) is 0.780. The third kappa shape index (κ3) is 4.52. The molecule has 1 heterocycles. The summed E-state index contributed by atoms with van der Waals surface area (Å²) in [5, 5.41) is 0. The molecule has 2 aromatic carbocycles. The van der Waals surface area contributed by atoms with Gasteiger partial charge in [0.1, 0.15) is 5.82 Å². The number of likely N-dealkylation sites (N-methyl/N-ethyl adjacent to an activating group) is 1. The number of hydrogen-bond donors (Lipinski definition) is 0. The molecule has 0 unspecified atom stereocenters. The summed E-state index contributed by atoms with van der Waals surface area (Å²) in [6.45, 7) is 1.75. The zero-order chi connectivity index (χ0) is 19.4. The minimum Gasteiger partial charge on any atom is -0.314 e. The molecule has 1 aliphatic heterocycles. The fourth-order valence-electron chi connectivity index (χ4n) is 2.98. The smallest absolute Gasteiger partial charge is 0.243 e. The third-order valence-corrected chi connectivity index (χ3v) is 6.57. The van der Waals surface area contributed by atoms with Crippen LogP contribution in [0.2, 0.25) is 0 Å². The number of benzene rings is 2. The molecule has 1 fully saturated rings. The van der Waals surface area contributed by atoms with Crippen LogP contribution in [-0.2, 0) is 14.8 Å². The van der Waals surface area contributed by atoms with E-state index in [9.17, 15) is 17.6 Å². The number of amides is 1. The fraction of sp³-hybridized carbons (Fsp3) is 0.316. The van der Waals surface area contributed by atoms with Gasteiger partial charge in [0.05, 0.1) is 11.4 Å². The summed E-state index contributed by atoms with van der Waals surface area (Å²) in [6, 6.07) is 14.2. The molecule has 3 rings (SSSR count). The van der Waals surface area contributed by atoms with E-state index in [-0.39, 0.29) is 17.3 Å². The van der Waals surface area contributed by atoms with Gasteiger partial charge in [-0.2, -0.15) is 4.31 Å². The Labute approximate surface area is 158 Å². The van der Waals surface area contributed by atoms with Crippen LogP contribution in [0, 0.1) is 5.82 Å². The maximum Gasteiger partial charge on any atom is 0.243 e. The number of carbonyl (C=O) groups excluding carboxylic acids is 1. The maximum absolute atomic E-state index is 13.0. The topological polar surface area (TPSA) is 60.9 Å². The highest BCUT2D eigenvalue weighted by Gasteiger charge is 2.29. The number of carbonyl (C=O) groups is 1. The molecular weight excluding hydrogens is 369 g/mol. The first-order valence-electron chi connectivity index (χ1n) is 8.67. The van der Waals surface area contributed by atoms with E-state index in [2.05, 4.69) is 0 Å². The van der Waals surface area contributed by atoms with Crippen molar-refractivity contribution in [3.63, 3.8) is 0 Å². The number of anilines is 1. The van der Waals surface area contributed by atoms with Crippen LogP contribution in [0.25, 0.3) is 0 Å². The molecule has 0 aliphatic carbocycles. The zero-order valence-electron chi connectivity index (χ0n) is 15.1. The van der Waals surface area contributed by atoms with Crippen LogP contribution in [-0.4, -0.2) is 63.3 Å². The van der Waals surface area contributed by atoms with E-state index in [1.165, 1.54) is 16.4 Å². The van der Waals surface area contributed by atoms with Crippen molar-refractivity contribution in [2.75, 3.05) is 44.7 Å². The van der Waals surface area contributed by atoms with Crippen molar-refractivity contribution in [3.05, 3.63) is 60.4 Å². The van der Waals surface area contributed by atoms with Crippen molar-refractivity contribution in [2.45, 2.75) is 4.90 Å². The third-order valence-electron chi connectivity index (χ3n) is 4.66. The molecule has 1 aliphatic rings. The van der Waals surface area contributed by atoms with E-state index in [4.69, 9.17) is 0 Å². The average Bonchev–Trinajstić information content (AvgIpc) is 2.69. The van der Waals surface area contributed by atoms with Gasteiger partial charge in [0.25, 0.3) is 0 Å². The molecule has 8 heteroatoms. The predicted octanol–water partition coefficient (Wildman–Crippen LogP) is 1.79. The van der Waals surface area contributed by atoms with E-state index in [0.29, 0.717) is 26.2 Å². The van der Waals surface area contributed by atoms with E-state index in [1.807, 2.05) is 35.2 Å². The summed E-state index contributed by atoms with van der Waals surface area (Å²) in [7, 11) is -1.92. The van der Waals surface area contributed by atoms with Crippen molar-refractivity contribution < 1.29 is 17.6 Å². The molecule has 27 heavy (non-hydrogen) atoms. The number of rotatable bonds is 5. The number of hydrogen-bond acceptors (Lipinski definition) is 4. The summed E-state index contributed by atoms with van der Waals surface area (Å²) in [5.41, 5.74) is 0.819. The standard InChI is InChI=1S/C19H22FN3O3S/c1-21(17-5-3-2-4-6-17)19(24)15-22-11-13-23(14-12-22)27(25,26)18-9-7-16(20)8-10-18/h2-10H,11-15H2,1H3. The Morgan fingerprint density at radius 3 is 2.19 bits per heavy atom. The lowest BCUT2D eigenvalue weighted by molar-refractivity contribution is -0.119. The van der Waals surface area contributed by atoms with E-state index >= 15 is 0 Å². The molecule has 6 nitrogen and oxygen atoms in total. The van der Waals surface area contributed by atoms with Gasteiger partial charge in [-0.05, 0) is 36.4 Å². The molecule has 0 atom stereocenters. The van der Waals surface area contributed by atoms with Crippen molar-refractivity contribution in [3.8, 4) is 0 Å². The van der Waals surface area contributed by atoms with E-state index in [0.717, 1.165) is 17.8 Å². The lowest BCUT2D eigenvalue weighted by Crippen LogP contribution is -2.51. The zero-order valence-corrected chi connectivity index (χ0v) is 15.9. The summed E-state index contributed by atoms with van der Waals surface area (Å²) in [6.07, 6.45) is 0. The molecule has 0 radical (unpaired) electrons. The molecular formula is C19H22FN3O3S. The molecule has 0 bridgehead atoms.